The highest BCUT2D eigenvalue weighted by Gasteiger charge is 2.46. The van der Waals surface area contributed by atoms with E-state index in [4.69, 9.17) is 0 Å². The van der Waals surface area contributed by atoms with Crippen molar-refractivity contribution >= 4 is 0 Å². The molecule has 4 unspecified atom stereocenters. The van der Waals surface area contributed by atoms with Gasteiger partial charge in [-0.05, 0) is 36.5 Å². The van der Waals surface area contributed by atoms with E-state index in [9.17, 15) is 5.11 Å². The van der Waals surface area contributed by atoms with Gasteiger partial charge in [-0.1, -0.05) is 33.1 Å². The molecular weight excluding hydrogens is 160 g/mol. The van der Waals surface area contributed by atoms with Crippen LogP contribution in [0.4, 0.5) is 0 Å². The van der Waals surface area contributed by atoms with E-state index in [1.54, 1.807) is 0 Å². The van der Waals surface area contributed by atoms with Crippen molar-refractivity contribution in [3.8, 4) is 0 Å². The minimum absolute atomic E-state index is 0.0194. The summed E-state index contributed by atoms with van der Waals surface area (Å²) in [6.07, 6.45) is 7.58. The molecule has 0 amide bonds. The van der Waals surface area contributed by atoms with Crippen LogP contribution < -0.4 is 0 Å². The van der Waals surface area contributed by atoms with Gasteiger partial charge in [0, 0.05) is 0 Å². The Morgan fingerprint density at radius 3 is 2.62 bits per heavy atom. The maximum atomic E-state index is 10.1. The van der Waals surface area contributed by atoms with Crippen LogP contribution in [-0.2, 0) is 0 Å². The topological polar surface area (TPSA) is 20.2 Å². The molecule has 0 radical (unpaired) electrons. The van der Waals surface area contributed by atoms with E-state index in [-0.39, 0.29) is 11.5 Å². The molecule has 76 valence electrons. The van der Waals surface area contributed by atoms with Crippen LogP contribution in [0.25, 0.3) is 0 Å². The Hall–Kier alpha value is -0.0400. The Bertz CT molecular complexity index is 190. The van der Waals surface area contributed by atoms with Crippen LogP contribution in [0.15, 0.2) is 0 Å². The second kappa shape index (κ2) is 3.27. The van der Waals surface area contributed by atoms with Gasteiger partial charge in [0.1, 0.15) is 0 Å². The van der Waals surface area contributed by atoms with Gasteiger partial charge in [0.15, 0.2) is 0 Å². The molecule has 0 saturated heterocycles. The van der Waals surface area contributed by atoms with Crippen LogP contribution in [0.2, 0.25) is 0 Å². The molecular formula is C12H22O. The lowest BCUT2D eigenvalue weighted by Gasteiger charge is -2.51. The van der Waals surface area contributed by atoms with Gasteiger partial charge in [-0.25, -0.2) is 0 Å². The summed E-state index contributed by atoms with van der Waals surface area (Å²) in [4.78, 5) is 0. The zero-order valence-electron chi connectivity index (χ0n) is 8.92. The molecule has 1 nitrogen and oxygen atoms in total. The molecule has 2 fully saturated rings. The molecule has 1 N–H and O–H groups in total. The van der Waals surface area contributed by atoms with Crippen molar-refractivity contribution in [2.75, 3.05) is 0 Å². The third kappa shape index (κ3) is 1.41. The van der Waals surface area contributed by atoms with Gasteiger partial charge in [-0.2, -0.15) is 0 Å². The molecule has 0 heterocycles. The molecule has 0 spiro atoms. The van der Waals surface area contributed by atoms with Gasteiger partial charge >= 0.3 is 0 Å². The van der Waals surface area contributed by atoms with Crippen LogP contribution in [0, 0.1) is 17.3 Å². The van der Waals surface area contributed by atoms with Gasteiger partial charge in [-0.15, -0.1) is 0 Å². The van der Waals surface area contributed by atoms with Crippen molar-refractivity contribution in [3.63, 3.8) is 0 Å². The summed E-state index contributed by atoms with van der Waals surface area (Å²) in [7, 11) is 0. The molecule has 13 heavy (non-hydrogen) atoms. The van der Waals surface area contributed by atoms with Crippen molar-refractivity contribution in [1.82, 2.24) is 0 Å². The Balaban J connectivity index is 2.19. The summed E-state index contributed by atoms with van der Waals surface area (Å²) >= 11 is 0. The molecule has 2 rings (SSSR count). The minimum atomic E-state index is -0.0194. The summed E-state index contributed by atoms with van der Waals surface area (Å²) in [5.41, 5.74) is 0.260. The number of rotatable bonds is 0. The fourth-order valence-corrected chi connectivity index (χ4v) is 3.73. The molecule has 0 aromatic heterocycles. The van der Waals surface area contributed by atoms with E-state index < -0.39 is 0 Å². The zero-order valence-corrected chi connectivity index (χ0v) is 8.92. The van der Waals surface area contributed by atoms with Crippen molar-refractivity contribution in [1.29, 1.82) is 0 Å². The molecule has 0 bridgehead atoms. The van der Waals surface area contributed by atoms with Crippen LogP contribution in [-0.4, -0.2) is 11.2 Å². The first-order chi connectivity index (χ1) is 6.14. The molecule has 2 aliphatic carbocycles. The molecule has 0 aromatic rings. The van der Waals surface area contributed by atoms with Gasteiger partial charge in [0.25, 0.3) is 0 Å². The summed E-state index contributed by atoms with van der Waals surface area (Å²) < 4.78 is 0. The summed E-state index contributed by atoms with van der Waals surface area (Å²) in [6.45, 7) is 4.69. The zero-order chi connectivity index (χ0) is 9.47. The number of aliphatic hydroxyl groups is 1. The normalized spacial score (nSPS) is 51.5. The van der Waals surface area contributed by atoms with Crippen LogP contribution in [0.3, 0.4) is 0 Å². The summed E-state index contributed by atoms with van der Waals surface area (Å²) in [5, 5.41) is 10.1. The lowest BCUT2D eigenvalue weighted by molar-refractivity contribution is -0.0849. The lowest BCUT2D eigenvalue weighted by Crippen LogP contribution is -2.47. The van der Waals surface area contributed by atoms with Gasteiger partial charge in [0.2, 0.25) is 0 Å². The average Bonchev–Trinajstić information content (AvgIpc) is 2.08. The van der Waals surface area contributed by atoms with E-state index in [1.807, 2.05) is 0 Å². The van der Waals surface area contributed by atoms with E-state index in [2.05, 4.69) is 13.8 Å². The fourth-order valence-electron chi connectivity index (χ4n) is 3.73. The van der Waals surface area contributed by atoms with Gasteiger partial charge in [0.05, 0.1) is 6.10 Å². The predicted octanol–water partition coefficient (Wildman–Crippen LogP) is 2.97. The van der Waals surface area contributed by atoms with E-state index in [0.29, 0.717) is 0 Å². The number of hydrogen-bond acceptors (Lipinski definition) is 1. The summed E-state index contributed by atoms with van der Waals surface area (Å²) in [6, 6.07) is 0. The molecule has 0 aromatic carbocycles. The third-order valence-corrected chi connectivity index (χ3v) is 4.66. The molecule has 2 aliphatic rings. The predicted molar refractivity (Wildman–Crippen MR) is 54.5 cm³/mol. The largest absolute Gasteiger partial charge is 0.393 e. The lowest BCUT2D eigenvalue weighted by atomic mass is 9.56. The maximum absolute atomic E-state index is 10.1. The third-order valence-electron chi connectivity index (χ3n) is 4.66. The van der Waals surface area contributed by atoms with Crippen molar-refractivity contribution in [2.45, 2.75) is 58.5 Å². The quantitative estimate of drug-likeness (QED) is 0.610. The Labute approximate surface area is 81.5 Å². The van der Waals surface area contributed by atoms with Gasteiger partial charge < -0.3 is 5.11 Å². The highest BCUT2D eigenvalue weighted by molar-refractivity contribution is 4.96. The molecule has 2 saturated carbocycles. The smallest absolute Gasteiger partial charge is 0.0596 e. The van der Waals surface area contributed by atoms with Crippen LogP contribution >= 0.6 is 0 Å². The highest BCUT2D eigenvalue weighted by Crippen LogP contribution is 2.52. The van der Waals surface area contributed by atoms with Crippen molar-refractivity contribution < 1.29 is 5.11 Å². The van der Waals surface area contributed by atoms with E-state index >= 15 is 0 Å². The second-order valence-electron chi connectivity index (χ2n) is 5.43. The first-order valence-electron chi connectivity index (χ1n) is 5.82. The van der Waals surface area contributed by atoms with Crippen LogP contribution in [0.5, 0.6) is 0 Å². The van der Waals surface area contributed by atoms with E-state index in [0.717, 1.165) is 18.3 Å². The maximum Gasteiger partial charge on any atom is 0.0596 e. The molecule has 1 heteroatoms. The van der Waals surface area contributed by atoms with Crippen molar-refractivity contribution in [3.05, 3.63) is 0 Å². The van der Waals surface area contributed by atoms with Crippen LogP contribution in [0.1, 0.15) is 52.4 Å². The number of hydrogen-bond donors (Lipinski definition) is 1. The number of fused-ring (bicyclic) bond motifs is 1. The first-order valence-corrected chi connectivity index (χ1v) is 5.82. The molecule has 4 atom stereocenters. The first kappa shape index (κ1) is 9.51. The Morgan fingerprint density at radius 2 is 1.92 bits per heavy atom. The second-order valence-corrected chi connectivity index (χ2v) is 5.43. The number of aliphatic hydroxyl groups excluding tert-OH is 1. The summed E-state index contributed by atoms with van der Waals surface area (Å²) in [5.74, 6) is 1.64. The van der Waals surface area contributed by atoms with Gasteiger partial charge in [-0.3, -0.25) is 0 Å². The SMILES string of the molecule is CC1CCCC2(C)C(O)CCCC12. The van der Waals surface area contributed by atoms with E-state index in [1.165, 1.54) is 32.1 Å². The highest BCUT2D eigenvalue weighted by atomic mass is 16.3. The Kier molecular flexibility index (Phi) is 2.39. The standard InChI is InChI=1S/C12H22O/c1-9-5-4-8-12(2)10(9)6-3-7-11(12)13/h9-11,13H,3-8H2,1-2H3. The van der Waals surface area contributed by atoms with Crippen molar-refractivity contribution in [2.24, 2.45) is 17.3 Å². The monoisotopic (exact) mass is 182 g/mol. The molecule has 0 aliphatic heterocycles. The minimum Gasteiger partial charge on any atom is -0.393 e. The Morgan fingerprint density at radius 1 is 1.15 bits per heavy atom. The average molecular weight is 182 g/mol. The fraction of sp³-hybridized carbons (Fsp3) is 1.00.